The van der Waals surface area contributed by atoms with Crippen molar-refractivity contribution < 1.29 is 13.7 Å². The maximum absolute atomic E-state index is 13.9. The molecular formula is C13H20BFN2O2. The summed E-state index contributed by atoms with van der Waals surface area (Å²) in [5.74, 6) is -0.414. The van der Waals surface area contributed by atoms with E-state index in [4.69, 9.17) is 15.0 Å². The first-order chi connectivity index (χ1) is 8.79. The lowest BCUT2D eigenvalue weighted by Gasteiger charge is -2.49. The number of hydrogen-bond donors (Lipinski definition) is 2. The monoisotopic (exact) mass is 266 g/mol. The zero-order valence-electron chi connectivity index (χ0n) is 11.8. The minimum atomic E-state index is -0.730. The van der Waals surface area contributed by atoms with Crippen molar-refractivity contribution in [2.24, 2.45) is 5.41 Å². The summed E-state index contributed by atoms with van der Waals surface area (Å²) in [6.45, 7) is 6.49. The minimum Gasteiger partial charge on any atom is -0.406 e. The predicted octanol–water partition coefficient (Wildman–Crippen LogP) is 1.11. The van der Waals surface area contributed by atoms with Crippen LogP contribution in [0.4, 0.5) is 10.1 Å². The molecule has 2 rings (SSSR count). The first kappa shape index (κ1) is 14.3. The van der Waals surface area contributed by atoms with E-state index < -0.39 is 18.7 Å². The molecule has 0 radical (unpaired) electrons. The van der Waals surface area contributed by atoms with Crippen LogP contribution < -0.4 is 16.5 Å². The molecule has 1 atom stereocenters. The normalized spacial score (nSPS) is 26.5. The number of hydrogen-bond acceptors (Lipinski definition) is 4. The van der Waals surface area contributed by atoms with E-state index in [2.05, 4.69) is 5.32 Å². The quantitative estimate of drug-likeness (QED) is 0.622. The lowest BCUT2D eigenvalue weighted by molar-refractivity contribution is -0.123. The van der Waals surface area contributed by atoms with E-state index in [-0.39, 0.29) is 5.41 Å². The van der Waals surface area contributed by atoms with Gasteiger partial charge in [-0.2, -0.15) is 0 Å². The molecule has 0 aromatic heterocycles. The van der Waals surface area contributed by atoms with Gasteiger partial charge < -0.3 is 15.0 Å². The lowest BCUT2D eigenvalue weighted by Crippen LogP contribution is -2.65. The Kier molecular flexibility index (Phi) is 3.60. The van der Waals surface area contributed by atoms with Crippen molar-refractivity contribution in [2.45, 2.75) is 26.5 Å². The van der Waals surface area contributed by atoms with Gasteiger partial charge >= 0.3 is 7.12 Å². The number of nitrogen functional groups attached to an aromatic ring is 1. The largest absolute Gasteiger partial charge is 0.498 e. The molecule has 3 N–H and O–H groups in total. The molecule has 0 bridgehead atoms. The van der Waals surface area contributed by atoms with Crippen LogP contribution in [0.3, 0.4) is 0 Å². The molecule has 0 saturated carbocycles. The molecule has 1 fully saturated rings. The van der Waals surface area contributed by atoms with Gasteiger partial charge in [-0.3, -0.25) is 5.32 Å². The second-order valence-electron chi connectivity index (χ2n) is 5.71. The van der Waals surface area contributed by atoms with E-state index in [1.54, 1.807) is 12.1 Å². The summed E-state index contributed by atoms with van der Waals surface area (Å²) in [4.78, 5) is 0. The van der Waals surface area contributed by atoms with Crippen LogP contribution in [-0.4, -0.2) is 26.5 Å². The van der Waals surface area contributed by atoms with Gasteiger partial charge in [0, 0.05) is 23.2 Å². The van der Waals surface area contributed by atoms with Crippen LogP contribution in [-0.2, 0) is 9.31 Å². The fraction of sp³-hybridized carbons (Fsp3) is 0.538. The molecule has 1 aromatic rings. The molecule has 1 saturated heterocycles. The highest BCUT2D eigenvalue weighted by atomic mass is 19.1. The van der Waals surface area contributed by atoms with E-state index in [1.807, 2.05) is 27.8 Å². The van der Waals surface area contributed by atoms with Gasteiger partial charge in [0.05, 0.1) is 0 Å². The second-order valence-corrected chi connectivity index (χ2v) is 5.71. The van der Waals surface area contributed by atoms with Crippen LogP contribution in [0, 0.1) is 11.2 Å². The summed E-state index contributed by atoms with van der Waals surface area (Å²) in [5.41, 5.74) is 5.48. The fourth-order valence-corrected chi connectivity index (χ4v) is 2.11. The summed E-state index contributed by atoms with van der Waals surface area (Å²) < 4.78 is 25.5. The van der Waals surface area contributed by atoms with E-state index in [0.717, 1.165) is 0 Å². The van der Waals surface area contributed by atoms with Crippen LogP contribution in [0.2, 0.25) is 0 Å². The van der Waals surface area contributed by atoms with E-state index in [9.17, 15) is 4.39 Å². The molecule has 4 nitrogen and oxygen atoms in total. The Morgan fingerprint density at radius 3 is 2.63 bits per heavy atom. The van der Waals surface area contributed by atoms with Gasteiger partial charge in [-0.1, -0.05) is 19.9 Å². The van der Waals surface area contributed by atoms with Crippen molar-refractivity contribution in [3.63, 3.8) is 0 Å². The van der Waals surface area contributed by atoms with Gasteiger partial charge in [-0.05, 0) is 26.1 Å². The van der Waals surface area contributed by atoms with Crippen molar-refractivity contribution in [1.29, 1.82) is 0 Å². The van der Waals surface area contributed by atoms with E-state index in [0.29, 0.717) is 17.8 Å². The predicted molar refractivity (Wildman–Crippen MR) is 74.5 cm³/mol. The average molecular weight is 266 g/mol. The van der Waals surface area contributed by atoms with Gasteiger partial charge in [0.15, 0.2) is 0 Å². The highest BCUT2D eigenvalue weighted by Gasteiger charge is 2.49. The molecule has 1 aliphatic heterocycles. The molecule has 1 heterocycles. The van der Waals surface area contributed by atoms with Crippen LogP contribution in [0.1, 0.15) is 20.8 Å². The third-order valence-electron chi connectivity index (χ3n) is 3.99. The van der Waals surface area contributed by atoms with Gasteiger partial charge in [-0.15, -0.1) is 0 Å². The van der Waals surface area contributed by atoms with Gasteiger partial charge in [0.1, 0.15) is 11.5 Å². The molecule has 0 amide bonds. The Morgan fingerprint density at radius 1 is 1.37 bits per heavy atom. The van der Waals surface area contributed by atoms with Crippen molar-refractivity contribution in [3.8, 4) is 0 Å². The van der Waals surface area contributed by atoms with E-state index in [1.165, 1.54) is 6.07 Å². The molecule has 1 unspecified atom stereocenters. The molecule has 1 aliphatic rings. The Bertz CT molecular complexity index is 484. The minimum absolute atomic E-state index is 0.220. The SMILES string of the molecule is CNC1(C)OB(c2ccc(N)cc2F)OCC1(C)C. The molecule has 1 aromatic carbocycles. The third-order valence-corrected chi connectivity index (χ3v) is 3.99. The van der Waals surface area contributed by atoms with Crippen LogP contribution in [0.15, 0.2) is 18.2 Å². The van der Waals surface area contributed by atoms with Crippen LogP contribution in [0.5, 0.6) is 0 Å². The van der Waals surface area contributed by atoms with Crippen molar-refractivity contribution in [3.05, 3.63) is 24.0 Å². The summed E-state index contributed by atoms with van der Waals surface area (Å²) >= 11 is 0. The first-order valence-corrected chi connectivity index (χ1v) is 6.32. The standard InChI is InChI=1S/C13H20BFN2O2/c1-12(2)8-18-14(19-13(12,3)17-4)10-6-5-9(16)7-11(10)15/h5-7,17H,8,16H2,1-4H3. The summed E-state index contributed by atoms with van der Waals surface area (Å²) in [6.07, 6.45) is 0. The summed E-state index contributed by atoms with van der Waals surface area (Å²) in [5, 5.41) is 3.15. The Hall–Kier alpha value is -1.11. The topological polar surface area (TPSA) is 56.5 Å². The highest BCUT2D eigenvalue weighted by molar-refractivity contribution is 6.61. The van der Waals surface area contributed by atoms with Gasteiger partial charge in [0.2, 0.25) is 0 Å². The highest BCUT2D eigenvalue weighted by Crippen LogP contribution is 2.36. The molecule has 0 aliphatic carbocycles. The average Bonchev–Trinajstić information content (AvgIpc) is 2.33. The Labute approximate surface area is 113 Å². The van der Waals surface area contributed by atoms with Gasteiger partial charge in [-0.25, -0.2) is 4.39 Å². The summed E-state index contributed by atoms with van der Waals surface area (Å²) in [7, 11) is 1.09. The Morgan fingerprint density at radius 2 is 2.05 bits per heavy atom. The molecule has 0 spiro atoms. The number of halogens is 1. The maximum atomic E-state index is 13.9. The first-order valence-electron chi connectivity index (χ1n) is 6.32. The molecular weight excluding hydrogens is 246 g/mol. The van der Waals surface area contributed by atoms with Crippen molar-refractivity contribution in [2.75, 3.05) is 19.4 Å². The maximum Gasteiger partial charge on any atom is 0.498 e. The Balaban J connectivity index is 2.29. The summed E-state index contributed by atoms with van der Waals surface area (Å²) in [6, 6.07) is 4.52. The molecule has 19 heavy (non-hydrogen) atoms. The zero-order chi connectivity index (χ0) is 14.3. The lowest BCUT2D eigenvalue weighted by atomic mass is 9.71. The fourth-order valence-electron chi connectivity index (χ4n) is 2.11. The number of benzene rings is 1. The van der Waals surface area contributed by atoms with Crippen molar-refractivity contribution >= 4 is 18.3 Å². The van der Waals surface area contributed by atoms with E-state index >= 15 is 0 Å². The molecule has 104 valence electrons. The smallest absolute Gasteiger partial charge is 0.406 e. The third kappa shape index (κ3) is 2.48. The molecule has 6 heteroatoms. The van der Waals surface area contributed by atoms with Crippen LogP contribution >= 0.6 is 0 Å². The number of nitrogens with one attached hydrogen (secondary N) is 1. The number of anilines is 1. The van der Waals surface area contributed by atoms with Crippen molar-refractivity contribution in [1.82, 2.24) is 5.32 Å². The number of nitrogens with two attached hydrogens (primary N) is 1. The van der Waals surface area contributed by atoms with Gasteiger partial charge in [0.25, 0.3) is 0 Å². The zero-order valence-corrected chi connectivity index (χ0v) is 11.8. The second kappa shape index (κ2) is 4.78. The van der Waals surface area contributed by atoms with Crippen LogP contribution in [0.25, 0.3) is 0 Å². The number of rotatable bonds is 2.